The quantitative estimate of drug-likeness (QED) is 0.331. The summed E-state index contributed by atoms with van der Waals surface area (Å²) in [5.41, 5.74) is 0. The van der Waals surface area contributed by atoms with Crippen LogP contribution in [0.5, 0.6) is 0 Å². The van der Waals surface area contributed by atoms with Crippen LogP contribution in [0.2, 0.25) is 19.6 Å². The first kappa shape index (κ1) is 14.9. The average Bonchev–Trinajstić information content (AvgIpc) is 2.10. The molecule has 1 atom stereocenters. The van der Waals surface area contributed by atoms with Crippen molar-refractivity contribution in [2.45, 2.75) is 71.7 Å². The van der Waals surface area contributed by atoms with E-state index in [2.05, 4.69) is 45.6 Å². The van der Waals surface area contributed by atoms with Crippen LogP contribution in [0.4, 0.5) is 0 Å². The Bertz CT molecular complexity index is 170. The van der Waals surface area contributed by atoms with Gasteiger partial charge in [-0.25, -0.2) is 0 Å². The summed E-state index contributed by atoms with van der Waals surface area (Å²) in [6, 6.07) is 0. The monoisotopic (exact) mass is 228 g/mol. The first-order valence-corrected chi connectivity index (χ1v) is 9.71. The van der Waals surface area contributed by atoms with E-state index in [9.17, 15) is 0 Å². The Labute approximate surface area is 97.0 Å². The predicted molar refractivity (Wildman–Crippen MR) is 71.8 cm³/mol. The lowest BCUT2D eigenvalue weighted by atomic mass is 10.1. The van der Waals surface area contributed by atoms with E-state index < -0.39 is 8.32 Å². The number of unbranched alkanes of at least 4 members (excludes halogenated alkanes) is 3. The van der Waals surface area contributed by atoms with Crippen LogP contribution in [-0.2, 0) is 4.43 Å². The van der Waals surface area contributed by atoms with Crippen molar-refractivity contribution in [1.82, 2.24) is 0 Å². The first-order valence-electron chi connectivity index (χ1n) is 6.30. The van der Waals surface area contributed by atoms with Crippen LogP contribution in [0.15, 0.2) is 12.2 Å². The molecule has 0 aliphatic heterocycles. The topological polar surface area (TPSA) is 9.23 Å². The van der Waals surface area contributed by atoms with Gasteiger partial charge in [0.1, 0.15) is 0 Å². The van der Waals surface area contributed by atoms with Crippen molar-refractivity contribution in [3.63, 3.8) is 0 Å². The van der Waals surface area contributed by atoms with Crippen LogP contribution in [0.25, 0.3) is 0 Å². The molecule has 0 saturated carbocycles. The molecule has 0 fully saturated rings. The van der Waals surface area contributed by atoms with Gasteiger partial charge in [-0.05, 0) is 33.0 Å². The van der Waals surface area contributed by atoms with Gasteiger partial charge < -0.3 is 4.43 Å². The van der Waals surface area contributed by atoms with Gasteiger partial charge in [-0.3, -0.25) is 0 Å². The van der Waals surface area contributed by atoms with Gasteiger partial charge in [0.2, 0.25) is 0 Å². The molecule has 1 nitrogen and oxygen atoms in total. The summed E-state index contributed by atoms with van der Waals surface area (Å²) < 4.78 is 6.11. The summed E-state index contributed by atoms with van der Waals surface area (Å²) in [6.07, 6.45) is 11.2. The Morgan fingerprint density at radius 1 is 1.13 bits per heavy atom. The zero-order chi connectivity index (χ0) is 11.7. The number of hydrogen-bond donors (Lipinski definition) is 0. The maximum Gasteiger partial charge on any atom is 0.184 e. The minimum Gasteiger partial charge on any atom is -0.411 e. The van der Waals surface area contributed by atoms with E-state index in [1.165, 1.54) is 32.1 Å². The minimum absolute atomic E-state index is 0.360. The zero-order valence-corrected chi connectivity index (χ0v) is 12.2. The van der Waals surface area contributed by atoms with Crippen LogP contribution in [-0.4, -0.2) is 14.4 Å². The highest BCUT2D eigenvalue weighted by molar-refractivity contribution is 6.69. The van der Waals surface area contributed by atoms with Gasteiger partial charge in [0, 0.05) is 0 Å². The van der Waals surface area contributed by atoms with E-state index >= 15 is 0 Å². The largest absolute Gasteiger partial charge is 0.411 e. The molecule has 0 radical (unpaired) electrons. The van der Waals surface area contributed by atoms with Crippen molar-refractivity contribution >= 4 is 8.32 Å². The van der Waals surface area contributed by atoms with Crippen LogP contribution in [0.3, 0.4) is 0 Å². The van der Waals surface area contributed by atoms with Crippen molar-refractivity contribution in [2.75, 3.05) is 0 Å². The van der Waals surface area contributed by atoms with E-state index in [0.717, 1.165) is 0 Å². The second-order valence-corrected chi connectivity index (χ2v) is 9.60. The molecule has 0 heterocycles. The Balaban J connectivity index is 3.84. The van der Waals surface area contributed by atoms with Crippen LogP contribution >= 0.6 is 0 Å². The van der Waals surface area contributed by atoms with Gasteiger partial charge in [-0.2, -0.15) is 0 Å². The Morgan fingerprint density at radius 3 is 2.27 bits per heavy atom. The molecule has 90 valence electrons. The zero-order valence-electron chi connectivity index (χ0n) is 11.2. The van der Waals surface area contributed by atoms with Crippen LogP contribution < -0.4 is 0 Å². The summed E-state index contributed by atoms with van der Waals surface area (Å²) in [7, 11) is -1.38. The van der Waals surface area contributed by atoms with Crippen molar-refractivity contribution in [3.05, 3.63) is 12.2 Å². The Hall–Kier alpha value is -0.0831. The third-order valence-corrected chi connectivity index (χ3v) is 3.26. The predicted octanol–water partition coefficient (Wildman–Crippen LogP) is 4.75. The Morgan fingerprint density at radius 2 is 1.80 bits per heavy atom. The summed E-state index contributed by atoms with van der Waals surface area (Å²) in [5.74, 6) is 0. The van der Waals surface area contributed by atoms with Crippen molar-refractivity contribution < 1.29 is 4.43 Å². The highest BCUT2D eigenvalue weighted by Crippen LogP contribution is 2.15. The molecule has 15 heavy (non-hydrogen) atoms. The fourth-order valence-electron chi connectivity index (χ4n) is 1.64. The van der Waals surface area contributed by atoms with E-state index in [0.29, 0.717) is 6.10 Å². The van der Waals surface area contributed by atoms with Gasteiger partial charge in [0.15, 0.2) is 8.32 Å². The smallest absolute Gasteiger partial charge is 0.184 e. The maximum atomic E-state index is 6.11. The third-order valence-electron chi connectivity index (χ3n) is 2.25. The molecule has 0 amide bonds. The summed E-state index contributed by atoms with van der Waals surface area (Å²) in [6.45, 7) is 11.1. The van der Waals surface area contributed by atoms with Gasteiger partial charge >= 0.3 is 0 Å². The number of hydrogen-bond acceptors (Lipinski definition) is 1. The van der Waals surface area contributed by atoms with Crippen molar-refractivity contribution in [3.8, 4) is 0 Å². The van der Waals surface area contributed by atoms with Crippen LogP contribution in [0.1, 0.15) is 46.0 Å². The summed E-state index contributed by atoms with van der Waals surface area (Å²) in [5, 5.41) is 0. The molecule has 0 aliphatic rings. The van der Waals surface area contributed by atoms with Gasteiger partial charge in [0.25, 0.3) is 0 Å². The molecule has 0 saturated heterocycles. The van der Waals surface area contributed by atoms with Gasteiger partial charge in [-0.1, -0.05) is 44.8 Å². The molecule has 2 heteroatoms. The fourth-order valence-corrected chi connectivity index (χ4v) is 2.74. The van der Waals surface area contributed by atoms with Crippen molar-refractivity contribution in [1.29, 1.82) is 0 Å². The third kappa shape index (κ3) is 10.2. The van der Waals surface area contributed by atoms with E-state index in [1.54, 1.807) is 0 Å². The van der Waals surface area contributed by atoms with Crippen LogP contribution in [0, 0.1) is 0 Å². The summed E-state index contributed by atoms with van der Waals surface area (Å²) >= 11 is 0. The lowest BCUT2D eigenvalue weighted by Gasteiger charge is -2.24. The molecule has 0 bridgehead atoms. The molecular weight excluding hydrogens is 200 g/mol. The van der Waals surface area contributed by atoms with Gasteiger partial charge in [-0.15, -0.1) is 0 Å². The fraction of sp³-hybridized carbons (Fsp3) is 0.846. The molecule has 0 aromatic carbocycles. The second kappa shape index (κ2) is 8.11. The van der Waals surface area contributed by atoms with E-state index in [1.807, 2.05) is 0 Å². The standard InChI is InChI=1S/C13H28OSi/c1-6-8-9-10-12-13(11-7-2)14-15(3,4)5/h7,11,13H,6,8-10,12H2,1-5H3. The lowest BCUT2D eigenvalue weighted by molar-refractivity contribution is 0.226. The van der Waals surface area contributed by atoms with Crippen molar-refractivity contribution in [2.24, 2.45) is 0 Å². The SMILES string of the molecule is CC=CC(CCCCCC)O[Si](C)(C)C. The van der Waals surface area contributed by atoms with Gasteiger partial charge in [0.05, 0.1) is 6.10 Å². The molecule has 1 unspecified atom stereocenters. The van der Waals surface area contributed by atoms with E-state index in [-0.39, 0.29) is 0 Å². The molecule has 0 spiro atoms. The first-order chi connectivity index (χ1) is 6.99. The highest BCUT2D eigenvalue weighted by atomic mass is 28.4. The average molecular weight is 228 g/mol. The Kier molecular flexibility index (Phi) is 8.07. The minimum atomic E-state index is -1.38. The normalized spacial score (nSPS) is 14.7. The number of allylic oxidation sites excluding steroid dienone is 1. The molecule has 0 aromatic heterocycles. The maximum absolute atomic E-state index is 6.11. The lowest BCUT2D eigenvalue weighted by Crippen LogP contribution is -2.31. The molecule has 0 aromatic rings. The molecule has 0 aliphatic carbocycles. The summed E-state index contributed by atoms with van der Waals surface area (Å²) in [4.78, 5) is 0. The molecular formula is C13H28OSi. The number of rotatable bonds is 8. The second-order valence-electron chi connectivity index (χ2n) is 5.14. The van der Waals surface area contributed by atoms with E-state index in [4.69, 9.17) is 4.43 Å². The molecule has 0 rings (SSSR count). The highest BCUT2D eigenvalue weighted by Gasteiger charge is 2.18. The molecule has 0 N–H and O–H groups in total.